The Balaban J connectivity index is 1.21. The van der Waals surface area contributed by atoms with Gasteiger partial charge in [0.2, 0.25) is 0 Å². The van der Waals surface area contributed by atoms with E-state index in [0.717, 1.165) is 70.8 Å². The fourth-order valence-electron chi connectivity index (χ4n) is 6.22. The zero-order valence-electron chi connectivity index (χ0n) is 22.7. The Morgan fingerprint density at radius 1 is 1.18 bits per heavy atom. The molecule has 1 aromatic heterocycles. The molecule has 0 radical (unpaired) electrons. The van der Waals surface area contributed by atoms with Crippen LogP contribution in [0.1, 0.15) is 65.6 Å². The molecule has 2 aromatic carbocycles. The molecule has 9 heteroatoms. The molecule has 1 aliphatic heterocycles. The van der Waals surface area contributed by atoms with E-state index in [1.54, 1.807) is 18.5 Å². The molecule has 0 bridgehead atoms. The van der Waals surface area contributed by atoms with Crippen LogP contribution in [0.25, 0.3) is 11.1 Å². The maximum absolute atomic E-state index is 15.2. The van der Waals surface area contributed by atoms with Crippen molar-refractivity contribution in [2.24, 2.45) is 5.92 Å². The number of fused-ring (bicyclic) bond motifs is 1. The molecule has 3 N–H and O–H groups in total. The standard InChI is InChI=1S/C31H34FN3O4S/c1-17-11-19(39-16-31(38)7-9-40-10-8-31)12-18(2)28(17)20-3-5-24(32)29-21(20)4-6-25(29)35-27-15-33-26(14-34-27)22-13-23(22)30(36)37/h3,5,11-12,14-15,22-23,25,38H,4,6-10,13,16H2,1-2H3,(H,34,35)(H,36,37)/t22-,23-,25+/m0/s1. The van der Waals surface area contributed by atoms with Crippen LogP contribution in [0.5, 0.6) is 5.75 Å². The first kappa shape index (κ1) is 27.0. The highest BCUT2D eigenvalue weighted by molar-refractivity contribution is 7.99. The summed E-state index contributed by atoms with van der Waals surface area (Å²) in [4.78, 5) is 20.0. The quantitative estimate of drug-likeness (QED) is 0.315. The number of carboxylic acid groups (broad SMARTS) is 1. The number of thioether (sulfide) groups is 1. The van der Waals surface area contributed by atoms with Gasteiger partial charge >= 0.3 is 5.97 Å². The smallest absolute Gasteiger partial charge is 0.307 e. The number of nitrogens with one attached hydrogen (secondary N) is 1. The number of aryl methyl sites for hydroxylation is 2. The molecule has 6 rings (SSSR count). The van der Waals surface area contributed by atoms with Crippen LogP contribution in [0.2, 0.25) is 0 Å². The molecule has 3 aliphatic rings. The van der Waals surface area contributed by atoms with Gasteiger partial charge < -0.3 is 20.3 Å². The topological polar surface area (TPSA) is 105 Å². The second-order valence-corrected chi connectivity index (χ2v) is 12.6. The van der Waals surface area contributed by atoms with Crippen molar-refractivity contribution in [1.29, 1.82) is 0 Å². The van der Waals surface area contributed by atoms with E-state index in [1.807, 2.05) is 43.8 Å². The highest BCUT2D eigenvalue weighted by Gasteiger charge is 2.45. The van der Waals surface area contributed by atoms with Gasteiger partial charge in [-0.1, -0.05) is 6.07 Å². The van der Waals surface area contributed by atoms with E-state index in [4.69, 9.17) is 4.74 Å². The molecular weight excluding hydrogens is 529 g/mol. The number of halogens is 1. The Morgan fingerprint density at radius 2 is 1.93 bits per heavy atom. The number of carbonyl (C=O) groups is 1. The first-order valence-electron chi connectivity index (χ1n) is 13.9. The van der Waals surface area contributed by atoms with E-state index in [9.17, 15) is 15.0 Å². The van der Waals surface area contributed by atoms with Crippen molar-refractivity contribution in [3.63, 3.8) is 0 Å². The van der Waals surface area contributed by atoms with Gasteiger partial charge in [-0.25, -0.2) is 9.37 Å². The summed E-state index contributed by atoms with van der Waals surface area (Å²) in [5.74, 6) is 1.70. The van der Waals surface area contributed by atoms with Gasteiger partial charge in [0, 0.05) is 11.5 Å². The first-order chi connectivity index (χ1) is 19.2. The van der Waals surface area contributed by atoms with E-state index in [2.05, 4.69) is 15.3 Å². The minimum absolute atomic E-state index is 0.0781. The number of carboxylic acids is 1. The Labute approximate surface area is 237 Å². The molecule has 2 aliphatic carbocycles. The highest BCUT2D eigenvalue weighted by atomic mass is 32.2. The number of ether oxygens (including phenoxy) is 1. The van der Waals surface area contributed by atoms with Crippen LogP contribution in [0.15, 0.2) is 36.7 Å². The number of nitrogens with zero attached hydrogens (tertiary/aromatic N) is 2. The van der Waals surface area contributed by atoms with Crippen LogP contribution >= 0.6 is 11.8 Å². The fraction of sp³-hybridized carbons (Fsp3) is 0.452. The number of benzene rings is 2. The van der Waals surface area contributed by atoms with Crippen LogP contribution in [0.3, 0.4) is 0 Å². The maximum atomic E-state index is 15.2. The van der Waals surface area contributed by atoms with Gasteiger partial charge in [0.05, 0.1) is 30.0 Å². The number of rotatable bonds is 8. The van der Waals surface area contributed by atoms with Crippen molar-refractivity contribution >= 4 is 23.5 Å². The minimum atomic E-state index is -0.798. The number of aliphatic carboxylic acids is 1. The molecule has 2 heterocycles. The predicted molar refractivity (Wildman–Crippen MR) is 154 cm³/mol. The Morgan fingerprint density at radius 3 is 2.58 bits per heavy atom. The average molecular weight is 564 g/mol. The third kappa shape index (κ3) is 5.29. The zero-order valence-corrected chi connectivity index (χ0v) is 23.6. The molecular formula is C31H34FN3O4S. The van der Waals surface area contributed by atoms with Crippen LogP contribution in [-0.2, 0) is 11.2 Å². The van der Waals surface area contributed by atoms with Gasteiger partial charge in [-0.15, -0.1) is 0 Å². The average Bonchev–Trinajstić information content (AvgIpc) is 3.63. The molecule has 2 fully saturated rings. The molecule has 7 nitrogen and oxygen atoms in total. The second-order valence-electron chi connectivity index (χ2n) is 11.4. The minimum Gasteiger partial charge on any atom is -0.491 e. The summed E-state index contributed by atoms with van der Waals surface area (Å²) in [6, 6.07) is 7.20. The van der Waals surface area contributed by atoms with E-state index < -0.39 is 11.6 Å². The predicted octanol–water partition coefficient (Wildman–Crippen LogP) is 5.82. The Kier molecular flexibility index (Phi) is 7.21. The normalized spacial score (nSPS) is 22.9. The van der Waals surface area contributed by atoms with E-state index in [1.165, 1.54) is 0 Å². The van der Waals surface area contributed by atoms with Gasteiger partial charge in [0.1, 0.15) is 29.6 Å². The SMILES string of the molecule is Cc1cc(OCC2(O)CCSCC2)cc(C)c1-c1ccc(F)c2c1CC[C@H]2Nc1cnc([C@H]2C[C@@H]2C(=O)O)cn1. The summed E-state index contributed by atoms with van der Waals surface area (Å²) in [6.07, 6.45) is 6.78. The lowest BCUT2D eigenvalue weighted by Crippen LogP contribution is -2.39. The molecule has 0 spiro atoms. The molecule has 3 atom stereocenters. The van der Waals surface area contributed by atoms with Crippen molar-refractivity contribution in [3.05, 3.63) is 70.4 Å². The Hall–Kier alpha value is -3.17. The largest absolute Gasteiger partial charge is 0.491 e. The third-order valence-electron chi connectivity index (χ3n) is 8.52. The number of anilines is 1. The van der Waals surface area contributed by atoms with E-state index >= 15 is 4.39 Å². The van der Waals surface area contributed by atoms with Crippen molar-refractivity contribution in [2.75, 3.05) is 23.4 Å². The van der Waals surface area contributed by atoms with E-state index in [-0.39, 0.29) is 30.3 Å². The number of aliphatic hydroxyl groups is 1. The third-order valence-corrected chi connectivity index (χ3v) is 9.51. The van der Waals surface area contributed by atoms with Crippen LogP contribution in [-0.4, -0.2) is 49.9 Å². The van der Waals surface area contributed by atoms with Crippen molar-refractivity contribution in [3.8, 4) is 16.9 Å². The first-order valence-corrected chi connectivity index (χ1v) is 15.0. The number of hydrogen-bond donors (Lipinski definition) is 3. The maximum Gasteiger partial charge on any atom is 0.307 e. The lowest BCUT2D eigenvalue weighted by Gasteiger charge is -2.31. The van der Waals surface area contributed by atoms with Gasteiger partial charge in [-0.05, 0) is 103 Å². The molecule has 3 aromatic rings. The zero-order chi connectivity index (χ0) is 28.0. The summed E-state index contributed by atoms with van der Waals surface area (Å²) in [5.41, 5.74) is 5.78. The summed E-state index contributed by atoms with van der Waals surface area (Å²) in [7, 11) is 0. The van der Waals surface area contributed by atoms with Crippen molar-refractivity contribution in [2.45, 2.75) is 63.5 Å². The molecule has 0 unspecified atom stereocenters. The molecule has 210 valence electrons. The molecule has 40 heavy (non-hydrogen) atoms. The molecule has 0 amide bonds. The molecule has 1 saturated heterocycles. The van der Waals surface area contributed by atoms with Crippen LogP contribution in [0.4, 0.5) is 10.2 Å². The fourth-order valence-corrected chi connectivity index (χ4v) is 7.47. The molecule has 1 saturated carbocycles. The summed E-state index contributed by atoms with van der Waals surface area (Å²) in [6.45, 7) is 4.39. The lowest BCUT2D eigenvalue weighted by molar-refractivity contribution is -0.138. The number of hydrogen-bond acceptors (Lipinski definition) is 7. The van der Waals surface area contributed by atoms with Gasteiger partial charge in [0.25, 0.3) is 0 Å². The summed E-state index contributed by atoms with van der Waals surface area (Å²) < 4.78 is 21.3. The van der Waals surface area contributed by atoms with Gasteiger partial charge in [-0.2, -0.15) is 11.8 Å². The van der Waals surface area contributed by atoms with Gasteiger partial charge in [-0.3, -0.25) is 9.78 Å². The van der Waals surface area contributed by atoms with Crippen LogP contribution < -0.4 is 10.1 Å². The van der Waals surface area contributed by atoms with E-state index in [0.29, 0.717) is 23.5 Å². The monoisotopic (exact) mass is 563 g/mol. The van der Waals surface area contributed by atoms with Crippen molar-refractivity contribution < 1.29 is 24.1 Å². The summed E-state index contributed by atoms with van der Waals surface area (Å²) in [5, 5.41) is 23.4. The van der Waals surface area contributed by atoms with Crippen molar-refractivity contribution in [1.82, 2.24) is 9.97 Å². The number of aromatic nitrogens is 2. The Bertz CT molecular complexity index is 1420. The second kappa shape index (κ2) is 10.7. The summed E-state index contributed by atoms with van der Waals surface area (Å²) >= 11 is 1.87. The van der Waals surface area contributed by atoms with Crippen LogP contribution in [0, 0.1) is 25.6 Å². The lowest BCUT2D eigenvalue weighted by atomic mass is 9.90. The van der Waals surface area contributed by atoms with Gasteiger partial charge in [0.15, 0.2) is 0 Å². The highest BCUT2D eigenvalue weighted by Crippen LogP contribution is 2.47.